The van der Waals surface area contributed by atoms with Gasteiger partial charge in [0.15, 0.2) is 0 Å². The van der Waals surface area contributed by atoms with E-state index in [-0.39, 0.29) is 17.1 Å². The number of nitrogens with zero attached hydrogens (tertiary/aromatic N) is 2. The summed E-state index contributed by atoms with van der Waals surface area (Å²) in [5.74, 6) is -0.975. The first-order valence-electron chi connectivity index (χ1n) is 11.1. The van der Waals surface area contributed by atoms with Crippen molar-refractivity contribution in [3.05, 3.63) is 94.0 Å². The number of amides is 2. The van der Waals surface area contributed by atoms with Crippen LogP contribution in [0.2, 0.25) is 10.0 Å². The molecule has 0 heterocycles. The summed E-state index contributed by atoms with van der Waals surface area (Å²) < 4.78 is 28.5. The van der Waals surface area contributed by atoms with Crippen LogP contribution in [0.3, 0.4) is 0 Å². The summed E-state index contributed by atoms with van der Waals surface area (Å²) in [5.41, 5.74) is 1.40. The number of anilines is 1. The van der Waals surface area contributed by atoms with Crippen molar-refractivity contribution in [1.29, 1.82) is 0 Å². The van der Waals surface area contributed by atoms with Crippen molar-refractivity contribution in [2.75, 3.05) is 17.9 Å². The molecule has 0 aliphatic heterocycles. The first-order chi connectivity index (χ1) is 17.1. The Labute approximate surface area is 221 Å². The zero-order chi connectivity index (χ0) is 26.5. The SMILES string of the molecule is CNC(=O)[C@@H](C)N(Cc1ccccc1Cl)C(=O)CN(c1cccc(Cl)c1C)S(=O)(=O)c1ccccc1. The summed E-state index contributed by atoms with van der Waals surface area (Å²) in [6.07, 6.45) is 0. The second-order valence-electron chi connectivity index (χ2n) is 8.11. The minimum absolute atomic E-state index is 0.0147. The van der Waals surface area contributed by atoms with E-state index in [2.05, 4.69) is 5.32 Å². The summed E-state index contributed by atoms with van der Waals surface area (Å²) in [7, 11) is -2.68. The van der Waals surface area contributed by atoms with Gasteiger partial charge in [0.2, 0.25) is 11.8 Å². The number of likely N-dealkylation sites (N-methyl/N-ethyl adjacent to an activating group) is 1. The normalized spacial score (nSPS) is 12.0. The van der Waals surface area contributed by atoms with Crippen molar-refractivity contribution in [1.82, 2.24) is 10.2 Å². The Morgan fingerprint density at radius 3 is 2.17 bits per heavy atom. The number of carbonyl (C=O) groups is 2. The topological polar surface area (TPSA) is 86.8 Å². The number of hydrogen-bond donors (Lipinski definition) is 1. The van der Waals surface area contributed by atoms with Gasteiger partial charge in [-0.15, -0.1) is 0 Å². The Balaban J connectivity index is 2.08. The molecule has 2 amide bonds. The molecular formula is C26H27Cl2N3O4S. The third-order valence-electron chi connectivity index (χ3n) is 5.83. The van der Waals surface area contributed by atoms with Gasteiger partial charge in [-0.25, -0.2) is 8.42 Å². The molecule has 3 aromatic rings. The fourth-order valence-electron chi connectivity index (χ4n) is 3.70. The van der Waals surface area contributed by atoms with Crippen LogP contribution in [0.4, 0.5) is 5.69 Å². The zero-order valence-corrected chi connectivity index (χ0v) is 22.4. The fourth-order valence-corrected chi connectivity index (χ4v) is 5.56. The summed E-state index contributed by atoms with van der Waals surface area (Å²) in [4.78, 5) is 27.6. The standard InChI is InChI=1S/C26H27Cl2N3O4S/c1-18-22(27)14-9-15-24(18)31(36(34,35)21-11-5-4-6-12-21)17-25(32)30(19(2)26(33)29-3)16-20-10-7-8-13-23(20)28/h4-15,19H,16-17H2,1-3H3,(H,29,33)/t19-/m1/s1. The highest BCUT2D eigenvalue weighted by Gasteiger charge is 2.33. The Bertz CT molecular complexity index is 1350. The maximum atomic E-state index is 13.7. The lowest BCUT2D eigenvalue weighted by Gasteiger charge is -2.32. The molecule has 0 aromatic heterocycles. The van der Waals surface area contributed by atoms with E-state index in [0.29, 0.717) is 21.2 Å². The van der Waals surface area contributed by atoms with Crippen LogP contribution in [0.1, 0.15) is 18.1 Å². The maximum absolute atomic E-state index is 13.7. The smallest absolute Gasteiger partial charge is 0.264 e. The van der Waals surface area contributed by atoms with Gasteiger partial charge in [-0.1, -0.05) is 65.7 Å². The molecule has 0 saturated heterocycles. The number of benzene rings is 3. The summed E-state index contributed by atoms with van der Waals surface area (Å²) >= 11 is 12.6. The zero-order valence-electron chi connectivity index (χ0n) is 20.1. The van der Waals surface area contributed by atoms with E-state index in [1.54, 1.807) is 74.5 Å². The van der Waals surface area contributed by atoms with Gasteiger partial charge in [-0.2, -0.15) is 0 Å². The largest absolute Gasteiger partial charge is 0.357 e. The lowest BCUT2D eigenvalue weighted by Crippen LogP contribution is -2.50. The molecule has 3 aromatic carbocycles. The number of carbonyl (C=O) groups excluding carboxylic acids is 2. The van der Waals surface area contributed by atoms with Crippen LogP contribution in [0.25, 0.3) is 0 Å². The van der Waals surface area contributed by atoms with Gasteiger partial charge < -0.3 is 10.2 Å². The Morgan fingerprint density at radius 2 is 1.53 bits per heavy atom. The minimum atomic E-state index is -4.15. The Hall–Kier alpha value is -3.07. The molecule has 0 unspecified atom stereocenters. The molecule has 1 atom stereocenters. The van der Waals surface area contributed by atoms with Gasteiger partial charge in [0.25, 0.3) is 10.0 Å². The number of rotatable bonds is 9. The van der Waals surface area contributed by atoms with Crippen molar-refractivity contribution in [3.8, 4) is 0 Å². The monoisotopic (exact) mass is 547 g/mol. The number of nitrogens with one attached hydrogen (secondary N) is 1. The highest BCUT2D eigenvalue weighted by molar-refractivity contribution is 7.92. The molecule has 10 heteroatoms. The molecule has 36 heavy (non-hydrogen) atoms. The summed E-state index contributed by atoms with van der Waals surface area (Å²) in [6, 6.07) is 18.8. The first kappa shape index (κ1) is 27.5. The van der Waals surface area contributed by atoms with Gasteiger partial charge in [-0.05, 0) is 55.3 Å². The number of halogens is 2. The van der Waals surface area contributed by atoms with Crippen molar-refractivity contribution in [2.45, 2.75) is 31.3 Å². The van der Waals surface area contributed by atoms with E-state index in [0.717, 1.165) is 4.31 Å². The van der Waals surface area contributed by atoms with E-state index in [4.69, 9.17) is 23.2 Å². The lowest BCUT2D eigenvalue weighted by atomic mass is 10.1. The van der Waals surface area contributed by atoms with Gasteiger partial charge in [-0.3, -0.25) is 13.9 Å². The van der Waals surface area contributed by atoms with E-state index >= 15 is 0 Å². The molecule has 0 bridgehead atoms. The van der Waals surface area contributed by atoms with E-state index < -0.39 is 34.4 Å². The molecule has 7 nitrogen and oxygen atoms in total. The number of hydrogen-bond acceptors (Lipinski definition) is 4. The van der Waals surface area contributed by atoms with Crippen LogP contribution < -0.4 is 9.62 Å². The van der Waals surface area contributed by atoms with Crippen LogP contribution in [-0.2, 0) is 26.2 Å². The minimum Gasteiger partial charge on any atom is -0.357 e. The molecule has 1 N–H and O–H groups in total. The second kappa shape index (κ2) is 11.8. The summed E-state index contributed by atoms with van der Waals surface area (Å²) in [5, 5.41) is 3.33. The van der Waals surface area contributed by atoms with Crippen molar-refractivity contribution in [2.24, 2.45) is 0 Å². The molecular weight excluding hydrogens is 521 g/mol. The Kier molecular flexibility index (Phi) is 9.00. The van der Waals surface area contributed by atoms with Gasteiger partial charge in [0.05, 0.1) is 10.6 Å². The quantitative estimate of drug-likeness (QED) is 0.422. The average Bonchev–Trinajstić information content (AvgIpc) is 2.88. The van der Waals surface area contributed by atoms with Crippen molar-refractivity contribution < 1.29 is 18.0 Å². The fraction of sp³-hybridized carbons (Fsp3) is 0.231. The van der Waals surface area contributed by atoms with Crippen molar-refractivity contribution >= 4 is 50.7 Å². The molecule has 0 saturated carbocycles. The molecule has 0 aliphatic rings. The number of sulfonamides is 1. The van der Waals surface area contributed by atoms with Crippen LogP contribution in [0.5, 0.6) is 0 Å². The van der Waals surface area contributed by atoms with Gasteiger partial charge in [0.1, 0.15) is 12.6 Å². The van der Waals surface area contributed by atoms with Gasteiger partial charge >= 0.3 is 0 Å². The molecule has 0 aliphatic carbocycles. The third kappa shape index (κ3) is 6.00. The molecule has 3 rings (SSSR count). The molecule has 0 fully saturated rings. The summed E-state index contributed by atoms with van der Waals surface area (Å²) in [6.45, 7) is 2.73. The van der Waals surface area contributed by atoms with E-state index in [1.165, 1.54) is 24.1 Å². The van der Waals surface area contributed by atoms with E-state index in [9.17, 15) is 18.0 Å². The third-order valence-corrected chi connectivity index (χ3v) is 8.38. The molecule has 190 valence electrons. The highest BCUT2D eigenvalue weighted by Crippen LogP contribution is 2.31. The Morgan fingerprint density at radius 1 is 0.917 bits per heavy atom. The second-order valence-corrected chi connectivity index (χ2v) is 10.8. The van der Waals surface area contributed by atoms with Crippen LogP contribution in [0, 0.1) is 6.92 Å². The molecule has 0 spiro atoms. The van der Waals surface area contributed by atoms with Crippen LogP contribution in [-0.4, -0.2) is 44.8 Å². The van der Waals surface area contributed by atoms with Crippen LogP contribution >= 0.6 is 23.2 Å². The van der Waals surface area contributed by atoms with E-state index in [1.807, 2.05) is 0 Å². The average molecular weight is 548 g/mol. The predicted molar refractivity (Wildman–Crippen MR) is 143 cm³/mol. The van der Waals surface area contributed by atoms with Crippen LogP contribution in [0.15, 0.2) is 77.7 Å². The van der Waals surface area contributed by atoms with Gasteiger partial charge in [0, 0.05) is 23.6 Å². The lowest BCUT2D eigenvalue weighted by molar-refractivity contribution is -0.139. The predicted octanol–water partition coefficient (Wildman–Crippen LogP) is 4.66. The first-order valence-corrected chi connectivity index (χ1v) is 13.3. The maximum Gasteiger partial charge on any atom is 0.264 e. The van der Waals surface area contributed by atoms with Crippen molar-refractivity contribution in [3.63, 3.8) is 0 Å². The highest BCUT2D eigenvalue weighted by atomic mass is 35.5. The molecule has 0 radical (unpaired) electrons.